The van der Waals surface area contributed by atoms with E-state index in [1.807, 2.05) is 0 Å². The molecule has 1 amide bonds. The highest BCUT2D eigenvalue weighted by molar-refractivity contribution is 7.09. The first-order chi connectivity index (χ1) is 8.59. The maximum Gasteiger partial charge on any atom is 0.223 e. The summed E-state index contributed by atoms with van der Waals surface area (Å²) in [7, 11) is 0. The molecule has 2 rings (SSSR count). The molecule has 1 N–H and O–H groups in total. The Kier molecular flexibility index (Phi) is 4.44. The van der Waals surface area contributed by atoms with Crippen LogP contribution in [-0.2, 0) is 11.2 Å². The van der Waals surface area contributed by atoms with Crippen molar-refractivity contribution >= 4 is 17.2 Å². The average Bonchev–Trinajstić information content (AvgIpc) is 2.81. The van der Waals surface area contributed by atoms with Crippen molar-refractivity contribution in [3.8, 4) is 0 Å². The minimum Gasteiger partial charge on any atom is -0.355 e. The normalized spacial score (nSPS) is 22.7. The maximum absolute atomic E-state index is 12.2. The number of hydrogen-bond acceptors (Lipinski definition) is 2. The monoisotopic (exact) mass is 265 g/mol. The van der Waals surface area contributed by atoms with Gasteiger partial charge in [-0.15, -0.1) is 11.3 Å². The topological polar surface area (TPSA) is 29.1 Å². The molecule has 0 unspecified atom stereocenters. The molecule has 1 fully saturated rings. The van der Waals surface area contributed by atoms with Gasteiger partial charge in [-0.2, -0.15) is 0 Å². The largest absolute Gasteiger partial charge is 0.355 e. The lowest BCUT2D eigenvalue weighted by molar-refractivity contribution is -0.130. The predicted molar refractivity (Wildman–Crippen MR) is 76.8 cm³/mol. The molecule has 0 aromatic carbocycles. The summed E-state index contributed by atoms with van der Waals surface area (Å²) in [5.74, 6) is 0.464. The van der Waals surface area contributed by atoms with Crippen molar-refractivity contribution in [1.29, 1.82) is 0 Å². The van der Waals surface area contributed by atoms with Crippen LogP contribution in [0.5, 0.6) is 0 Å². The van der Waals surface area contributed by atoms with Crippen LogP contribution in [0.15, 0.2) is 17.5 Å². The first-order valence-electron chi connectivity index (χ1n) is 6.90. The standard InChI is InChI=1S/C15H23NOS/c1-15(2)9-4-3-7-13(15)14(17)16-10-8-12-6-5-11-18-12/h5-6,11,13H,3-4,7-10H2,1-2H3,(H,16,17)/t13-/m1/s1. The van der Waals surface area contributed by atoms with E-state index >= 15 is 0 Å². The van der Waals surface area contributed by atoms with E-state index < -0.39 is 0 Å². The summed E-state index contributed by atoms with van der Waals surface area (Å²) in [6, 6.07) is 4.19. The zero-order valence-electron chi connectivity index (χ0n) is 11.4. The molecule has 1 aromatic rings. The Bertz CT molecular complexity index is 383. The molecule has 0 radical (unpaired) electrons. The SMILES string of the molecule is CC1(C)CCCC[C@@H]1C(=O)NCCc1cccs1. The van der Waals surface area contributed by atoms with Crippen molar-refractivity contribution in [3.63, 3.8) is 0 Å². The third kappa shape index (κ3) is 3.35. The lowest BCUT2D eigenvalue weighted by Crippen LogP contribution is -2.41. The van der Waals surface area contributed by atoms with Crippen LogP contribution in [-0.4, -0.2) is 12.5 Å². The van der Waals surface area contributed by atoms with Gasteiger partial charge in [0.1, 0.15) is 0 Å². The predicted octanol–water partition coefficient (Wildman–Crippen LogP) is 3.62. The van der Waals surface area contributed by atoms with Crippen LogP contribution in [0.25, 0.3) is 0 Å². The molecule has 1 atom stereocenters. The van der Waals surface area contributed by atoms with Crippen molar-refractivity contribution in [3.05, 3.63) is 22.4 Å². The summed E-state index contributed by atoms with van der Waals surface area (Å²) < 4.78 is 0. The lowest BCUT2D eigenvalue weighted by atomic mass is 9.68. The molecular weight excluding hydrogens is 242 g/mol. The quantitative estimate of drug-likeness (QED) is 0.885. The van der Waals surface area contributed by atoms with Gasteiger partial charge >= 0.3 is 0 Å². The molecule has 3 heteroatoms. The average molecular weight is 265 g/mol. The maximum atomic E-state index is 12.2. The third-order valence-corrected chi connectivity index (χ3v) is 5.01. The van der Waals surface area contributed by atoms with Crippen molar-refractivity contribution in [2.45, 2.75) is 46.0 Å². The Labute approximate surface area is 114 Å². The van der Waals surface area contributed by atoms with Gasteiger partial charge in [0, 0.05) is 17.3 Å². The first-order valence-corrected chi connectivity index (χ1v) is 7.78. The highest BCUT2D eigenvalue weighted by Gasteiger charge is 2.36. The summed E-state index contributed by atoms with van der Waals surface area (Å²) in [5.41, 5.74) is 0.172. The van der Waals surface area contributed by atoms with Gasteiger partial charge in [0.25, 0.3) is 0 Å². The molecular formula is C15H23NOS. The van der Waals surface area contributed by atoms with E-state index in [1.165, 1.54) is 24.1 Å². The van der Waals surface area contributed by atoms with E-state index in [2.05, 4.69) is 36.7 Å². The Morgan fingerprint density at radius 3 is 3.00 bits per heavy atom. The molecule has 1 aliphatic rings. The van der Waals surface area contributed by atoms with Crippen LogP contribution in [0.4, 0.5) is 0 Å². The van der Waals surface area contributed by atoms with E-state index in [4.69, 9.17) is 0 Å². The second-order valence-electron chi connectivity index (χ2n) is 5.91. The Morgan fingerprint density at radius 1 is 1.50 bits per heavy atom. The third-order valence-electron chi connectivity index (χ3n) is 4.07. The van der Waals surface area contributed by atoms with Crippen LogP contribution in [0.2, 0.25) is 0 Å². The molecule has 0 bridgehead atoms. The zero-order chi connectivity index (χ0) is 13.0. The van der Waals surface area contributed by atoms with Gasteiger partial charge in [-0.05, 0) is 36.1 Å². The molecule has 1 aromatic heterocycles. The fourth-order valence-corrected chi connectivity index (χ4v) is 3.58. The molecule has 1 saturated carbocycles. The number of nitrogens with one attached hydrogen (secondary N) is 1. The number of rotatable bonds is 4. The minimum absolute atomic E-state index is 0.172. The minimum atomic E-state index is 0.172. The Hall–Kier alpha value is -0.830. The summed E-state index contributed by atoms with van der Waals surface area (Å²) in [6.45, 7) is 5.23. The van der Waals surface area contributed by atoms with Crippen molar-refractivity contribution in [1.82, 2.24) is 5.32 Å². The molecule has 0 saturated heterocycles. The summed E-state index contributed by atoms with van der Waals surface area (Å²) in [6.07, 6.45) is 5.66. The van der Waals surface area contributed by atoms with Crippen LogP contribution >= 0.6 is 11.3 Å². The van der Waals surface area contributed by atoms with E-state index in [-0.39, 0.29) is 17.2 Å². The van der Waals surface area contributed by atoms with Crippen LogP contribution in [0.3, 0.4) is 0 Å². The van der Waals surface area contributed by atoms with Gasteiger partial charge in [-0.1, -0.05) is 32.8 Å². The number of amides is 1. The van der Waals surface area contributed by atoms with E-state index in [1.54, 1.807) is 11.3 Å². The highest BCUT2D eigenvalue weighted by Crippen LogP contribution is 2.40. The zero-order valence-corrected chi connectivity index (χ0v) is 12.2. The summed E-state index contributed by atoms with van der Waals surface area (Å²) in [4.78, 5) is 13.6. The van der Waals surface area contributed by atoms with Gasteiger partial charge in [0.05, 0.1) is 0 Å². The van der Waals surface area contributed by atoms with E-state index in [0.717, 1.165) is 19.4 Å². The smallest absolute Gasteiger partial charge is 0.223 e. The number of hydrogen-bond donors (Lipinski definition) is 1. The first kappa shape index (κ1) is 13.6. The van der Waals surface area contributed by atoms with Gasteiger partial charge in [-0.3, -0.25) is 4.79 Å². The van der Waals surface area contributed by atoms with E-state index in [0.29, 0.717) is 0 Å². The molecule has 100 valence electrons. The fraction of sp³-hybridized carbons (Fsp3) is 0.667. The number of carbonyl (C=O) groups is 1. The van der Waals surface area contributed by atoms with Crippen LogP contribution in [0, 0.1) is 11.3 Å². The second kappa shape index (κ2) is 5.87. The van der Waals surface area contributed by atoms with Crippen molar-refractivity contribution < 1.29 is 4.79 Å². The van der Waals surface area contributed by atoms with Gasteiger partial charge in [0.15, 0.2) is 0 Å². The molecule has 1 heterocycles. The number of thiophene rings is 1. The van der Waals surface area contributed by atoms with Gasteiger partial charge in [0.2, 0.25) is 5.91 Å². The van der Waals surface area contributed by atoms with Crippen LogP contribution < -0.4 is 5.32 Å². The number of carbonyl (C=O) groups excluding carboxylic acids is 1. The molecule has 2 nitrogen and oxygen atoms in total. The van der Waals surface area contributed by atoms with Gasteiger partial charge in [-0.25, -0.2) is 0 Å². The lowest BCUT2D eigenvalue weighted by Gasteiger charge is -2.37. The van der Waals surface area contributed by atoms with E-state index in [9.17, 15) is 4.79 Å². The molecule has 18 heavy (non-hydrogen) atoms. The molecule has 1 aliphatic carbocycles. The van der Waals surface area contributed by atoms with Crippen molar-refractivity contribution in [2.24, 2.45) is 11.3 Å². The van der Waals surface area contributed by atoms with Gasteiger partial charge < -0.3 is 5.32 Å². The summed E-state index contributed by atoms with van der Waals surface area (Å²) >= 11 is 1.76. The fourth-order valence-electron chi connectivity index (χ4n) is 2.87. The summed E-state index contributed by atoms with van der Waals surface area (Å²) in [5, 5.41) is 5.20. The molecule has 0 spiro atoms. The highest BCUT2D eigenvalue weighted by atomic mass is 32.1. The van der Waals surface area contributed by atoms with Crippen molar-refractivity contribution in [2.75, 3.05) is 6.54 Å². The Balaban J connectivity index is 1.80. The van der Waals surface area contributed by atoms with Crippen LogP contribution in [0.1, 0.15) is 44.4 Å². The second-order valence-corrected chi connectivity index (χ2v) is 6.94. The molecule has 0 aliphatic heterocycles. The Morgan fingerprint density at radius 2 is 2.33 bits per heavy atom.